The van der Waals surface area contributed by atoms with E-state index in [2.05, 4.69) is 15.7 Å². The van der Waals surface area contributed by atoms with Crippen molar-refractivity contribution in [3.63, 3.8) is 0 Å². The van der Waals surface area contributed by atoms with Gasteiger partial charge in [-0.2, -0.15) is 5.10 Å². The van der Waals surface area contributed by atoms with E-state index in [4.69, 9.17) is 0 Å². The number of carbonyl (C=O) groups excluding carboxylic acids is 1. The van der Waals surface area contributed by atoms with E-state index in [1.165, 1.54) is 0 Å². The number of aromatic nitrogens is 2. The van der Waals surface area contributed by atoms with Crippen LogP contribution in [0.2, 0.25) is 0 Å². The fourth-order valence-corrected chi connectivity index (χ4v) is 3.89. The van der Waals surface area contributed by atoms with Gasteiger partial charge in [0.05, 0.1) is 17.3 Å². The quantitative estimate of drug-likeness (QED) is 0.783. The third-order valence-electron chi connectivity index (χ3n) is 4.76. The number of rotatable bonds is 3. The SMILES string of the molecule is Cc1nn(C)cc1NC(=O)NC1C2CCC(C2)C1C(=O)O. The van der Waals surface area contributed by atoms with Crippen LogP contribution >= 0.6 is 0 Å². The molecule has 7 heteroatoms. The van der Waals surface area contributed by atoms with E-state index in [9.17, 15) is 14.7 Å². The van der Waals surface area contributed by atoms with Gasteiger partial charge >= 0.3 is 12.0 Å². The first-order valence-electron chi connectivity index (χ1n) is 7.26. The number of carboxylic acid groups (broad SMARTS) is 1. The molecule has 4 unspecified atom stereocenters. The maximum absolute atomic E-state index is 12.1. The van der Waals surface area contributed by atoms with Crippen LogP contribution in [0.5, 0.6) is 0 Å². The number of nitrogens with one attached hydrogen (secondary N) is 2. The molecule has 2 fully saturated rings. The van der Waals surface area contributed by atoms with Gasteiger partial charge in [0, 0.05) is 19.3 Å². The van der Waals surface area contributed by atoms with E-state index in [0.29, 0.717) is 5.69 Å². The highest BCUT2D eigenvalue weighted by atomic mass is 16.4. The molecule has 0 saturated heterocycles. The average Bonchev–Trinajstić information content (AvgIpc) is 3.04. The molecule has 2 aliphatic rings. The summed E-state index contributed by atoms with van der Waals surface area (Å²) in [6.45, 7) is 1.81. The van der Waals surface area contributed by atoms with Crippen molar-refractivity contribution in [3.05, 3.63) is 11.9 Å². The first kappa shape index (κ1) is 13.9. The van der Waals surface area contributed by atoms with Crippen LogP contribution in [-0.4, -0.2) is 32.9 Å². The summed E-state index contributed by atoms with van der Waals surface area (Å²) in [5, 5.41) is 19.1. The van der Waals surface area contributed by atoms with Crippen LogP contribution in [-0.2, 0) is 11.8 Å². The van der Waals surface area contributed by atoms with Crippen LogP contribution in [0.15, 0.2) is 6.20 Å². The number of carboxylic acids is 1. The summed E-state index contributed by atoms with van der Waals surface area (Å²) in [4.78, 5) is 23.5. The smallest absolute Gasteiger partial charge is 0.319 e. The van der Waals surface area contributed by atoms with Crippen LogP contribution in [0.4, 0.5) is 10.5 Å². The Morgan fingerprint density at radius 3 is 2.71 bits per heavy atom. The van der Waals surface area contributed by atoms with Crippen molar-refractivity contribution in [1.82, 2.24) is 15.1 Å². The number of nitrogens with zero attached hydrogens (tertiary/aromatic N) is 2. The molecule has 2 amide bonds. The third kappa shape index (κ3) is 2.48. The zero-order valence-corrected chi connectivity index (χ0v) is 12.2. The van der Waals surface area contributed by atoms with Gasteiger partial charge in [0.25, 0.3) is 0 Å². The Labute approximate surface area is 122 Å². The summed E-state index contributed by atoms with van der Waals surface area (Å²) in [6, 6.07) is -0.617. The molecule has 1 aromatic heterocycles. The number of hydrogen-bond donors (Lipinski definition) is 3. The molecule has 3 rings (SSSR count). The minimum absolute atomic E-state index is 0.206. The van der Waals surface area contributed by atoms with E-state index >= 15 is 0 Å². The van der Waals surface area contributed by atoms with E-state index in [0.717, 1.165) is 25.0 Å². The van der Waals surface area contributed by atoms with Crippen LogP contribution < -0.4 is 10.6 Å². The number of amides is 2. The molecule has 21 heavy (non-hydrogen) atoms. The molecule has 0 spiro atoms. The highest BCUT2D eigenvalue weighted by Gasteiger charge is 2.51. The van der Waals surface area contributed by atoms with Gasteiger partial charge in [0.1, 0.15) is 0 Å². The highest BCUT2D eigenvalue weighted by Crippen LogP contribution is 2.48. The number of urea groups is 1. The second kappa shape index (κ2) is 5.05. The van der Waals surface area contributed by atoms with Gasteiger partial charge in [-0.05, 0) is 38.0 Å². The van der Waals surface area contributed by atoms with Crippen LogP contribution in [0.1, 0.15) is 25.0 Å². The fourth-order valence-electron chi connectivity index (χ4n) is 3.89. The molecule has 4 atom stereocenters. The molecule has 3 N–H and O–H groups in total. The predicted octanol–water partition coefficient (Wildman–Crippen LogP) is 1.35. The largest absolute Gasteiger partial charge is 0.481 e. The third-order valence-corrected chi connectivity index (χ3v) is 4.76. The lowest BCUT2D eigenvalue weighted by Gasteiger charge is -2.28. The first-order valence-corrected chi connectivity index (χ1v) is 7.26. The summed E-state index contributed by atoms with van der Waals surface area (Å²) in [5.74, 6) is -0.760. The van der Waals surface area contributed by atoms with Gasteiger partial charge in [-0.15, -0.1) is 0 Å². The van der Waals surface area contributed by atoms with Crippen LogP contribution in [0.3, 0.4) is 0 Å². The number of aliphatic carboxylic acids is 1. The van der Waals surface area contributed by atoms with Crippen molar-refractivity contribution in [2.45, 2.75) is 32.2 Å². The number of fused-ring (bicyclic) bond motifs is 2. The second-order valence-electron chi connectivity index (χ2n) is 6.12. The van der Waals surface area contributed by atoms with Crippen LogP contribution in [0, 0.1) is 24.7 Å². The van der Waals surface area contributed by atoms with Gasteiger partial charge < -0.3 is 15.7 Å². The number of hydrogen-bond acceptors (Lipinski definition) is 3. The zero-order valence-electron chi connectivity index (χ0n) is 12.2. The molecular weight excluding hydrogens is 272 g/mol. The zero-order chi connectivity index (χ0) is 15.1. The van der Waals surface area contributed by atoms with Crippen molar-refractivity contribution in [2.75, 3.05) is 5.32 Å². The molecule has 0 radical (unpaired) electrons. The molecule has 2 aliphatic carbocycles. The van der Waals surface area contributed by atoms with Crippen molar-refractivity contribution in [3.8, 4) is 0 Å². The topological polar surface area (TPSA) is 96.3 Å². The lowest BCUT2D eigenvalue weighted by molar-refractivity contribution is -0.144. The van der Waals surface area contributed by atoms with E-state index in [-0.39, 0.29) is 23.9 Å². The first-order chi connectivity index (χ1) is 9.95. The van der Waals surface area contributed by atoms with Crippen molar-refractivity contribution in [2.24, 2.45) is 24.8 Å². The summed E-state index contributed by atoms with van der Waals surface area (Å²) in [6.07, 6.45) is 4.60. The summed E-state index contributed by atoms with van der Waals surface area (Å²) < 4.78 is 1.63. The molecule has 114 valence electrons. The van der Waals surface area contributed by atoms with Gasteiger partial charge in [-0.1, -0.05) is 0 Å². The number of aryl methyl sites for hydroxylation is 2. The molecular formula is C14H20N4O3. The van der Waals surface area contributed by atoms with E-state index < -0.39 is 11.9 Å². The summed E-state index contributed by atoms with van der Waals surface area (Å²) in [5.41, 5.74) is 1.38. The number of carbonyl (C=O) groups is 2. The summed E-state index contributed by atoms with van der Waals surface area (Å²) in [7, 11) is 1.78. The maximum atomic E-state index is 12.1. The Kier molecular flexibility index (Phi) is 3.35. The van der Waals surface area contributed by atoms with E-state index in [1.807, 2.05) is 6.92 Å². The standard InChI is InChI=1S/C14H20N4O3/c1-7-10(6-18(2)17-7)15-14(21)16-12-9-4-3-8(5-9)11(12)13(19)20/h6,8-9,11-12H,3-5H2,1-2H3,(H,19,20)(H2,15,16,21). The predicted molar refractivity (Wildman–Crippen MR) is 75.8 cm³/mol. The molecule has 0 aromatic carbocycles. The Morgan fingerprint density at radius 2 is 2.10 bits per heavy atom. The lowest BCUT2D eigenvalue weighted by atomic mass is 9.84. The van der Waals surface area contributed by atoms with Gasteiger partial charge in [0.2, 0.25) is 0 Å². The fraction of sp³-hybridized carbons (Fsp3) is 0.643. The highest BCUT2D eigenvalue weighted by molar-refractivity contribution is 5.90. The minimum atomic E-state index is -0.801. The average molecular weight is 292 g/mol. The monoisotopic (exact) mass is 292 g/mol. The van der Waals surface area contributed by atoms with Crippen molar-refractivity contribution < 1.29 is 14.7 Å². The van der Waals surface area contributed by atoms with Gasteiger partial charge in [-0.3, -0.25) is 9.48 Å². The molecule has 7 nitrogen and oxygen atoms in total. The minimum Gasteiger partial charge on any atom is -0.481 e. The summed E-state index contributed by atoms with van der Waals surface area (Å²) >= 11 is 0. The Balaban J connectivity index is 1.67. The van der Waals surface area contributed by atoms with Crippen molar-refractivity contribution in [1.29, 1.82) is 0 Å². The van der Waals surface area contributed by atoms with Crippen LogP contribution in [0.25, 0.3) is 0 Å². The van der Waals surface area contributed by atoms with Gasteiger partial charge in [0.15, 0.2) is 0 Å². The normalized spacial score (nSPS) is 30.4. The molecule has 0 aliphatic heterocycles. The molecule has 1 aromatic rings. The maximum Gasteiger partial charge on any atom is 0.319 e. The Bertz CT molecular complexity index is 583. The van der Waals surface area contributed by atoms with Crippen molar-refractivity contribution >= 4 is 17.7 Å². The molecule has 2 saturated carbocycles. The lowest BCUT2D eigenvalue weighted by Crippen LogP contribution is -2.48. The Morgan fingerprint density at radius 1 is 1.38 bits per heavy atom. The molecule has 2 bridgehead atoms. The van der Waals surface area contributed by atoms with Gasteiger partial charge in [-0.25, -0.2) is 4.79 Å². The van der Waals surface area contributed by atoms with E-state index in [1.54, 1.807) is 17.9 Å². The Hall–Kier alpha value is -2.05. The second-order valence-corrected chi connectivity index (χ2v) is 6.12. The number of anilines is 1. The molecule has 1 heterocycles.